The van der Waals surface area contributed by atoms with Gasteiger partial charge in [0.1, 0.15) is 29.2 Å². The number of carboxylic acids is 1. The summed E-state index contributed by atoms with van der Waals surface area (Å²) in [5.74, 6) is -1.16. The molecule has 0 unspecified atom stereocenters. The Morgan fingerprint density at radius 2 is 1.47 bits per heavy atom. The third-order valence-electron chi connectivity index (χ3n) is 7.74. The van der Waals surface area contributed by atoms with Crippen LogP contribution in [0.25, 0.3) is 0 Å². The van der Waals surface area contributed by atoms with Crippen LogP contribution in [0.5, 0.6) is 11.5 Å². The van der Waals surface area contributed by atoms with Gasteiger partial charge in [-0.2, -0.15) is 0 Å². The van der Waals surface area contributed by atoms with Crippen LogP contribution in [0.4, 0.5) is 4.79 Å². The number of methoxy groups -OCH3 is 2. The lowest BCUT2D eigenvalue weighted by atomic mass is 9.75. The summed E-state index contributed by atoms with van der Waals surface area (Å²) in [6.07, 6.45) is 0.832. The lowest BCUT2D eigenvalue weighted by Crippen LogP contribution is -2.63. The van der Waals surface area contributed by atoms with Crippen molar-refractivity contribution in [3.8, 4) is 11.5 Å². The standard InChI is InChI=1S/C34H55N3O8/c1-20(2)24(18-21(3)30(40)41)36(12)29(39)26(32(4,5)6)35-28(38)27(37(13)31(42)45-33(7,8)9)34(10,11)23-17-16-22(43-14)19-25(23)44-15/h16-20,24,26-27H,1-15H3,(H,35,38)(H,40,41)/t24-,26-,27-/m1/s1. The van der Waals surface area contributed by atoms with Crippen molar-refractivity contribution < 1.29 is 38.5 Å². The highest BCUT2D eigenvalue weighted by atomic mass is 16.6. The molecule has 11 nitrogen and oxygen atoms in total. The minimum Gasteiger partial charge on any atom is -0.497 e. The largest absolute Gasteiger partial charge is 0.497 e. The zero-order chi connectivity index (χ0) is 35.2. The third kappa shape index (κ3) is 10.1. The van der Waals surface area contributed by atoms with E-state index in [1.54, 1.807) is 52.1 Å². The second kappa shape index (κ2) is 15.0. The fourth-order valence-corrected chi connectivity index (χ4v) is 5.20. The summed E-state index contributed by atoms with van der Waals surface area (Å²) < 4.78 is 16.7. The second-order valence-electron chi connectivity index (χ2n) is 14.4. The van der Waals surface area contributed by atoms with Crippen LogP contribution in [0.15, 0.2) is 29.8 Å². The number of amides is 3. The van der Waals surface area contributed by atoms with Gasteiger partial charge in [-0.25, -0.2) is 9.59 Å². The van der Waals surface area contributed by atoms with Gasteiger partial charge in [0.05, 0.1) is 20.3 Å². The molecule has 254 valence electrons. The van der Waals surface area contributed by atoms with Crippen LogP contribution in [0.3, 0.4) is 0 Å². The molecular formula is C34H55N3O8. The molecule has 0 aliphatic carbocycles. The van der Waals surface area contributed by atoms with Gasteiger partial charge in [-0.05, 0) is 45.1 Å². The van der Waals surface area contributed by atoms with Gasteiger partial charge in [0, 0.05) is 36.7 Å². The van der Waals surface area contributed by atoms with Crippen LogP contribution in [0.2, 0.25) is 0 Å². The number of carbonyl (C=O) groups is 4. The molecule has 11 heteroatoms. The minimum atomic E-state index is -1.16. The number of nitrogens with zero attached hydrogens (tertiary/aromatic N) is 2. The summed E-state index contributed by atoms with van der Waals surface area (Å²) in [7, 11) is 6.14. The summed E-state index contributed by atoms with van der Waals surface area (Å²) in [5.41, 5.74) is -1.91. The van der Waals surface area contributed by atoms with Gasteiger partial charge in [-0.3, -0.25) is 14.5 Å². The number of nitrogens with one attached hydrogen (secondary N) is 1. The van der Waals surface area contributed by atoms with E-state index in [2.05, 4.69) is 5.32 Å². The van der Waals surface area contributed by atoms with Crippen molar-refractivity contribution in [2.24, 2.45) is 11.3 Å². The maximum atomic E-state index is 14.5. The lowest BCUT2D eigenvalue weighted by molar-refractivity contribution is -0.142. The van der Waals surface area contributed by atoms with Crippen LogP contribution in [-0.4, -0.2) is 90.8 Å². The summed E-state index contributed by atoms with van der Waals surface area (Å²) in [6.45, 7) is 19.6. The number of likely N-dealkylation sites (N-methyl/N-ethyl adjacent to an activating group) is 2. The Kier molecular flexibility index (Phi) is 13.1. The first-order valence-electron chi connectivity index (χ1n) is 15.1. The molecule has 0 radical (unpaired) electrons. The topological polar surface area (TPSA) is 135 Å². The maximum Gasteiger partial charge on any atom is 0.410 e. The fourth-order valence-electron chi connectivity index (χ4n) is 5.20. The van der Waals surface area contributed by atoms with E-state index in [4.69, 9.17) is 14.2 Å². The van der Waals surface area contributed by atoms with Gasteiger partial charge < -0.3 is 29.5 Å². The van der Waals surface area contributed by atoms with E-state index in [0.717, 1.165) is 0 Å². The molecule has 0 saturated heterocycles. The molecular weight excluding hydrogens is 578 g/mol. The number of hydrogen-bond donors (Lipinski definition) is 2. The molecule has 2 N–H and O–H groups in total. The van der Waals surface area contributed by atoms with Crippen molar-refractivity contribution in [2.75, 3.05) is 28.3 Å². The molecule has 3 atom stereocenters. The number of hydrogen-bond acceptors (Lipinski definition) is 7. The molecule has 1 aromatic carbocycles. The molecule has 0 aliphatic heterocycles. The third-order valence-corrected chi connectivity index (χ3v) is 7.74. The molecule has 45 heavy (non-hydrogen) atoms. The highest BCUT2D eigenvalue weighted by molar-refractivity contribution is 5.93. The van der Waals surface area contributed by atoms with E-state index < -0.39 is 58.4 Å². The monoisotopic (exact) mass is 633 g/mol. The van der Waals surface area contributed by atoms with Crippen molar-refractivity contribution in [1.82, 2.24) is 15.1 Å². The van der Waals surface area contributed by atoms with E-state index in [-0.39, 0.29) is 11.5 Å². The summed E-state index contributed by atoms with van der Waals surface area (Å²) in [4.78, 5) is 56.3. The number of carboxylic acid groups (broad SMARTS) is 1. The van der Waals surface area contributed by atoms with Crippen LogP contribution in [0, 0.1) is 11.3 Å². The van der Waals surface area contributed by atoms with Gasteiger partial charge in [0.15, 0.2) is 0 Å². The molecule has 0 fully saturated rings. The molecule has 0 spiro atoms. The first-order valence-corrected chi connectivity index (χ1v) is 15.1. The van der Waals surface area contributed by atoms with Gasteiger partial charge in [0.2, 0.25) is 11.8 Å². The van der Waals surface area contributed by atoms with Crippen LogP contribution >= 0.6 is 0 Å². The maximum absolute atomic E-state index is 14.5. The Morgan fingerprint density at radius 1 is 0.911 bits per heavy atom. The summed E-state index contributed by atoms with van der Waals surface area (Å²) >= 11 is 0. The SMILES string of the molecule is COc1ccc(C(C)(C)[C@@H](C(=O)N[C@H](C(=O)N(C)[C@H](C=C(C)C(=O)O)C(C)C)C(C)(C)C)N(C)C(=O)OC(C)(C)C)c(OC)c1. The quantitative estimate of drug-likeness (QED) is 0.298. The van der Waals surface area contributed by atoms with Gasteiger partial charge in [0.25, 0.3) is 0 Å². The Bertz CT molecular complexity index is 1260. The van der Waals surface area contributed by atoms with Crippen LogP contribution in [-0.2, 0) is 24.5 Å². The molecule has 3 amide bonds. The predicted octanol–water partition coefficient (Wildman–Crippen LogP) is 5.26. The van der Waals surface area contributed by atoms with Gasteiger partial charge >= 0.3 is 12.1 Å². The van der Waals surface area contributed by atoms with E-state index in [1.165, 1.54) is 38.0 Å². The van der Waals surface area contributed by atoms with Crippen molar-refractivity contribution in [1.29, 1.82) is 0 Å². The van der Waals surface area contributed by atoms with E-state index in [1.807, 2.05) is 48.5 Å². The first kappa shape index (κ1) is 39.3. The van der Waals surface area contributed by atoms with Crippen molar-refractivity contribution in [2.45, 2.75) is 105 Å². The van der Waals surface area contributed by atoms with Crippen molar-refractivity contribution >= 4 is 23.9 Å². The van der Waals surface area contributed by atoms with Crippen LogP contribution in [0.1, 0.15) is 81.7 Å². The lowest BCUT2D eigenvalue weighted by Gasteiger charge is -2.42. The number of benzene rings is 1. The smallest absolute Gasteiger partial charge is 0.410 e. The number of carbonyl (C=O) groups excluding carboxylic acids is 3. The van der Waals surface area contributed by atoms with Crippen molar-refractivity contribution in [3.05, 3.63) is 35.4 Å². The molecule has 1 rings (SSSR count). The molecule has 0 aromatic heterocycles. The average Bonchev–Trinajstić information content (AvgIpc) is 2.91. The average molecular weight is 634 g/mol. The number of rotatable bonds is 12. The Hall–Kier alpha value is -3.76. The molecule has 0 heterocycles. The van der Waals surface area contributed by atoms with E-state index >= 15 is 0 Å². The second-order valence-corrected chi connectivity index (χ2v) is 14.4. The van der Waals surface area contributed by atoms with E-state index in [9.17, 15) is 24.3 Å². The Balaban J connectivity index is 3.77. The normalized spacial score (nSPS) is 14.6. The van der Waals surface area contributed by atoms with Gasteiger partial charge in [-0.1, -0.05) is 60.6 Å². The Morgan fingerprint density at radius 3 is 1.89 bits per heavy atom. The molecule has 0 bridgehead atoms. The molecule has 0 aliphatic rings. The number of aliphatic carboxylic acids is 1. The van der Waals surface area contributed by atoms with Crippen LogP contribution < -0.4 is 14.8 Å². The zero-order valence-electron chi connectivity index (χ0n) is 29.8. The highest BCUT2D eigenvalue weighted by Crippen LogP contribution is 2.39. The van der Waals surface area contributed by atoms with E-state index in [0.29, 0.717) is 17.1 Å². The summed E-state index contributed by atoms with van der Waals surface area (Å²) in [5, 5.41) is 12.4. The first-order chi connectivity index (χ1) is 20.4. The highest BCUT2D eigenvalue weighted by Gasteiger charge is 2.47. The summed E-state index contributed by atoms with van der Waals surface area (Å²) in [6, 6.07) is 2.50. The minimum absolute atomic E-state index is 0.110. The Labute approximate surface area is 269 Å². The van der Waals surface area contributed by atoms with Gasteiger partial charge in [-0.15, -0.1) is 0 Å². The fraction of sp³-hybridized carbons (Fsp3) is 0.647. The zero-order valence-corrected chi connectivity index (χ0v) is 29.8. The molecule has 1 aromatic rings. The molecule has 0 saturated carbocycles. The van der Waals surface area contributed by atoms with Crippen molar-refractivity contribution in [3.63, 3.8) is 0 Å². The number of ether oxygens (including phenoxy) is 3. The predicted molar refractivity (Wildman–Crippen MR) is 175 cm³/mol.